The van der Waals surface area contributed by atoms with E-state index in [1.165, 1.54) is 14.2 Å². The minimum Gasteiger partial charge on any atom is -0.504 e. The normalized spacial score (nSPS) is 12.3. The zero-order chi connectivity index (χ0) is 16.1. The number of hydrogen-bond donors (Lipinski definition) is 2. The Morgan fingerprint density at radius 3 is 2.14 bits per heavy atom. The maximum Gasteiger partial charge on any atom is 0.161 e. The van der Waals surface area contributed by atoms with Gasteiger partial charge in [0.05, 0.1) is 14.2 Å². The van der Waals surface area contributed by atoms with Crippen molar-refractivity contribution in [1.29, 1.82) is 0 Å². The molecule has 116 valence electrons. The Bertz CT molecular complexity index is 677. The molecule has 0 aliphatic rings. The second-order valence-electron chi connectivity index (χ2n) is 5.01. The van der Waals surface area contributed by atoms with Gasteiger partial charge in [-0.25, -0.2) is 0 Å². The van der Waals surface area contributed by atoms with Crippen molar-refractivity contribution >= 4 is 6.08 Å². The molecule has 0 fully saturated rings. The molecule has 0 aliphatic heterocycles. The largest absolute Gasteiger partial charge is 0.504 e. The molecule has 1 unspecified atom stereocenters. The van der Waals surface area contributed by atoms with Crippen LogP contribution in [0.3, 0.4) is 0 Å². The summed E-state index contributed by atoms with van der Waals surface area (Å²) in [5.74, 6) is 1.31. The summed E-state index contributed by atoms with van der Waals surface area (Å²) in [6.07, 6.45) is 4.00. The van der Waals surface area contributed by atoms with Crippen LogP contribution in [-0.4, -0.2) is 24.4 Å². The van der Waals surface area contributed by atoms with Crippen molar-refractivity contribution in [2.45, 2.75) is 12.8 Å². The summed E-state index contributed by atoms with van der Waals surface area (Å²) in [5.41, 5.74) is 1.98. The fourth-order valence-electron chi connectivity index (χ4n) is 2.14. The average Bonchev–Trinajstić information content (AvgIpc) is 2.54. The standard InChI is InChI=1S/C18H20O4/c1-12(14-7-9-16(20)18(11-14)22-3)4-5-13-6-8-15(19)17(10-13)21-2/h4-12,19-20H,1-3H3/b5-4+. The molecule has 0 heterocycles. The molecule has 0 amide bonds. The molecular weight excluding hydrogens is 280 g/mol. The Labute approximate surface area is 130 Å². The van der Waals surface area contributed by atoms with Gasteiger partial charge < -0.3 is 19.7 Å². The molecule has 0 bridgehead atoms. The Hall–Kier alpha value is -2.62. The van der Waals surface area contributed by atoms with Crippen molar-refractivity contribution in [3.8, 4) is 23.0 Å². The lowest BCUT2D eigenvalue weighted by molar-refractivity contribution is 0.373. The predicted octanol–water partition coefficient (Wildman–Crippen LogP) is 3.93. The van der Waals surface area contributed by atoms with Crippen LogP contribution in [0.5, 0.6) is 23.0 Å². The maximum atomic E-state index is 9.63. The van der Waals surface area contributed by atoms with Crippen LogP contribution in [-0.2, 0) is 0 Å². The van der Waals surface area contributed by atoms with E-state index in [0.29, 0.717) is 11.5 Å². The predicted molar refractivity (Wildman–Crippen MR) is 86.8 cm³/mol. The number of methoxy groups -OCH3 is 2. The van der Waals surface area contributed by atoms with Crippen LogP contribution in [0.15, 0.2) is 42.5 Å². The Morgan fingerprint density at radius 1 is 0.909 bits per heavy atom. The molecule has 4 nitrogen and oxygen atoms in total. The molecule has 1 atom stereocenters. The van der Waals surface area contributed by atoms with Gasteiger partial charge in [-0.3, -0.25) is 0 Å². The summed E-state index contributed by atoms with van der Waals surface area (Å²) in [5, 5.41) is 19.2. The van der Waals surface area contributed by atoms with Crippen molar-refractivity contribution in [2.24, 2.45) is 0 Å². The van der Waals surface area contributed by atoms with E-state index in [9.17, 15) is 10.2 Å². The van der Waals surface area contributed by atoms with Gasteiger partial charge in [0.15, 0.2) is 23.0 Å². The maximum absolute atomic E-state index is 9.63. The van der Waals surface area contributed by atoms with E-state index in [1.54, 1.807) is 18.2 Å². The van der Waals surface area contributed by atoms with Crippen molar-refractivity contribution in [3.63, 3.8) is 0 Å². The fraction of sp³-hybridized carbons (Fsp3) is 0.222. The van der Waals surface area contributed by atoms with Crippen LogP contribution in [0.4, 0.5) is 0 Å². The number of aromatic hydroxyl groups is 2. The highest BCUT2D eigenvalue weighted by molar-refractivity contribution is 5.56. The van der Waals surface area contributed by atoms with Crippen molar-refractivity contribution in [3.05, 3.63) is 53.6 Å². The Morgan fingerprint density at radius 2 is 1.50 bits per heavy atom. The van der Waals surface area contributed by atoms with Gasteiger partial charge in [-0.15, -0.1) is 0 Å². The molecule has 2 aromatic rings. The lowest BCUT2D eigenvalue weighted by atomic mass is 9.99. The van der Waals surface area contributed by atoms with Crippen LogP contribution in [0.2, 0.25) is 0 Å². The zero-order valence-electron chi connectivity index (χ0n) is 12.9. The molecular formula is C18H20O4. The SMILES string of the molecule is COc1cc(/C=C/C(C)c2ccc(O)c(OC)c2)ccc1O. The minimum absolute atomic E-state index is 0.121. The third kappa shape index (κ3) is 3.52. The molecule has 22 heavy (non-hydrogen) atoms. The van der Waals surface area contributed by atoms with Gasteiger partial charge in [0.2, 0.25) is 0 Å². The van der Waals surface area contributed by atoms with Gasteiger partial charge in [0.25, 0.3) is 0 Å². The summed E-state index contributed by atoms with van der Waals surface area (Å²) < 4.78 is 10.2. The van der Waals surface area contributed by atoms with Crippen LogP contribution >= 0.6 is 0 Å². The minimum atomic E-state index is 0.121. The number of hydrogen-bond acceptors (Lipinski definition) is 4. The second kappa shape index (κ2) is 6.89. The number of allylic oxidation sites excluding steroid dienone is 1. The lowest BCUT2D eigenvalue weighted by Gasteiger charge is -2.10. The van der Waals surface area contributed by atoms with Crippen molar-refractivity contribution in [1.82, 2.24) is 0 Å². The summed E-state index contributed by atoms with van der Waals surface area (Å²) in [7, 11) is 3.05. The quantitative estimate of drug-likeness (QED) is 0.878. The average molecular weight is 300 g/mol. The van der Waals surface area contributed by atoms with Crippen LogP contribution in [0.1, 0.15) is 24.0 Å². The van der Waals surface area contributed by atoms with Gasteiger partial charge in [0, 0.05) is 0 Å². The van der Waals surface area contributed by atoms with E-state index in [1.807, 2.05) is 30.4 Å². The number of phenols is 2. The highest BCUT2D eigenvalue weighted by Gasteiger charge is 2.07. The molecule has 2 N–H and O–H groups in total. The third-order valence-corrected chi connectivity index (χ3v) is 3.51. The van der Waals surface area contributed by atoms with E-state index < -0.39 is 0 Å². The van der Waals surface area contributed by atoms with Gasteiger partial charge in [0.1, 0.15) is 0 Å². The molecule has 2 rings (SSSR count). The number of ether oxygens (including phenoxy) is 2. The molecule has 0 aliphatic carbocycles. The first-order chi connectivity index (χ1) is 10.5. The van der Waals surface area contributed by atoms with E-state index in [2.05, 4.69) is 6.92 Å². The highest BCUT2D eigenvalue weighted by atomic mass is 16.5. The van der Waals surface area contributed by atoms with E-state index in [4.69, 9.17) is 9.47 Å². The molecule has 0 radical (unpaired) electrons. The molecule has 0 aromatic heterocycles. The topological polar surface area (TPSA) is 58.9 Å². The lowest BCUT2D eigenvalue weighted by Crippen LogP contribution is -1.91. The Kier molecular flexibility index (Phi) is 4.94. The van der Waals surface area contributed by atoms with Crippen molar-refractivity contribution < 1.29 is 19.7 Å². The van der Waals surface area contributed by atoms with Gasteiger partial charge in [-0.05, 0) is 41.3 Å². The number of rotatable bonds is 5. The first-order valence-electron chi connectivity index (χ1n) is 6.97. The first-order valence-corrected chi connectivity index (χ1v) is 6.97. The van der Waals surface area contributed by atoms with Crippen LogP contribution in [0, 0.1) is 0 Å². The van der Waals surface area contributed by atoms with Gasteiger partial charge >= 0.3 is 0 Å². The molecule has 4 heteroatoms. The highest BCUT2D eigenvalue weighted by Crippen LogP contribution is 2.31. The smallest absolute Gasteiger partial charge is 0.161 e. The summed E-state index contributed by atoms with van der Waals surface area (Å²) in [4.78, 5) is 0. The van der Waals surface area contributed by atoms with E-state index >= 15 is 0 Å². The monoisotopic (exact) mass is 300 g/mol. The number of benzene rings is 2. The molecule has 2 aromatic carbocycles. The Balaban J connectivity index is 2.19. The van der Waals surface area contributed by atoms with Gasteiger partial charge in [-0.2, -0.15) is 0 Å². The van der Waals surface area contributed by atoms with E-state index in [0.717, 1.165) is 11.1 Å². The summed E-state index contributed by atoms with van der Waals surface area (Å²) in [6, 6.07) is 10.5. The van der Waals surface area contributed by atoms with Gasteiger partial charge in [-0.1, -0.05) is 31.2 Å². The summed E-state index contributed by atoms with van der Waals surface area (Å²) in [6.45, 7) is 2.06. The molecule has 0 spiro atoms. The molecule has 0 saturated heterocycles. The number of phenolic OH excluding ortho intramolecular Hbond substituents is 2. The fourth-order valence-corrected chi connectivity index (χ4v) is 2.14. The van der Waals surface area contributed by atoms with Crippen LogP contribution < -0.4 is 9.47 Å². The van der Waals surface area contributed by atoms with Crippen LogP contribution in [0.25, 0.3) is 6.08 Å². The molecule has 0 saturated carbocycles. The first kappa shape index (κ1) is 15.8. The zero-order valence-corrected chi connectivity index (χ0v) is 12.9. The van der Waals surface area contributed by atoms with Crippen molar-refractivity contribution in [2.75, 3.05) is 14.2 Å². The van der Waals surface area contributed by atoms with E-state index in [-0.39, 0.29) is 17.4 Å². The second-order valence-corrected chi connectivity index (χ2v) is 5.01. The third-order valence-electron chi connectivity index (χ3n) is 3.51. The summed E-state index contributed by atoms with van der Waals surface area (Å²) >= 11 is 0.